The molecule has 2 nitrogen and oxygen atoms in total. The molecule has 0 rings (SSSR count). The zero-order valence-electron chi connectivity index (χ0n) is 6.35. The SMILES string of the molecule is CCCCCC(I)(I)[SH](=O)=O. The number of unbranched alkanes of at least 4 members (excludes halogenated alkanes) is 2. The maximum atomic E-state index is 10.6. The smallest absolute Gasteiger partial charge is 0.171 e. The van der Waals surface area contributed by atoms with Crippen molar-refractivity contribution in [2.75, 3.05) is 0 Å². The zero-order valence-corrected chi connectivity index (χ0v) is 11.6. The molecule has 0 unspecified atom stereocenters. The summed E-state index contributed by atoms with van der Waals surface area (Å²) in [4.78, 5) is 0. The van der Waals surface area contributed by atoms with Crippen molar-refractivity contribution in [3.8, 4) is 0 Å². The second-order valence-electron chi connectivity index (χ2n) is 2.38. The van der Waals surface area contributed by atoms with Gasteiger partial charge in [0, 0.05) is 0 Å². The standard InChI is InChI=1S/C6H12I2O2S/c1-2-3-4-5-6(7,8)11(9)10/h11H,2-5H2,1H3. The number of thiol groups is 1. The molecular formula is C6H12I2O2S. The Labute approximate surface area is 96.7 Å². The average Bonchev–Trinajstić information content (AvgIpc) is 1.88. The Hall–Kier alpha value is 1.41. The fourth-order valence-electron chi connectivity index (χ4n) is 0.679. The van der Waals surface area contributed by atoms with Gasteiger partial charge in [0.2, 0.25) is 0 Å². The first-order valence-electron chi connectivity index (χ1n) is 3.53. The highest BCUT2D eigenvalue weighted by Gasteiger charge is 2.24. The Bertz CT molecular complexity index is 169. The lowest BCUT2D eigenvalue weighted by molar-refractivity contribution is 0.603. The van der Waals surface area contributed by atoms with Crippen molar-refractivity contribution in [2.24, 2.45) is 0 Å². The topological polar surface area (TPSA) is 34.1 Å². The molecule has 0 radical (unpaired) electrons. The van der Waals surface area contributed by atoms with Gasteiger partial charge in [-0.2, -0.15) is 0 Å². The molecule has 11 heavy (non-hydrogen) atoms. The van der Waals surface area contributed by atoms with E-state index < -0.39 is 11.5 Å². The molecule has 0 saturated carbocycles. The van der Waals surface area contributed by atoms with E-state index in [0.29, 0.717) is 0 Å². The molecule has 0 aliphatic carbocycles. The highest BCUT2D eigenvalue weighted by atomic mass is 127. The zero-order chi connectivity index (χ0) is 8.91. The van der Waals surface area contributed by atoms with Crippen molar-refractivity contribution in [2.45, 2.75) is 33.4 Å². The van der Waals surface area contributed by atoms with Gasteiger partial charge in [0.1, 0.15) is 0 Å². The quantitative estimate of drug-likeness (QED) is 0.332. The molecule has 0 fully saturated rings. The summed E-state index contributed by atoms with van der Waals surface area (Å²) in [5.41, 5.74) is 0. The number of halogens is 2. The lowest BCUT2D eigenvalue weighted by Crippen LogP contribution is -2.12. The van der Waals surface area contributed by atoms with Crippen LogP contribution in [0.2, 0.25) is 0 Å². The third-order valence-electron chi connectivity index (χ3n) is 1.35. The Kier molecular flexibility index (Phi) is 6.72. The van der Waals surface area contributed by atoms with E-state index in [1.165, 1.54) is 0 Å². The van der Waals surface area contributed by atoms with Gasteiger partial charge < -0.3 is 0 Å². The van der Waals surface area contributed by atoms with E-state index in [1.807, 2.05) is 45.2 Å². The number of alkyl halides is 2. The van der Waals surface area contributed by atoms with Gasteiger partial charge >= 0.3 is 0 Å². The monoisotopic (exact) mass is 402 g/mol. The molecule has 0 atom stereocenters. The van der Waals surface area contributed by atoms with Crippen LogP contribution in [0.25, 0.3) is 0 Å². The van der Waals surface area contributed by atoms with Crippen LogP contribution in [0.4, 0.5) is 0 Å². The molecule has 68 valence electrons. The molecule has 0 aromatic heterocycles. The summed E-state index contributed by atoms with van der Waals surface area (Å²) >= 11 is 3.99. The van der Waals surface area contributed by atoms with Gasteiger partial charge in [-0.3, -0.25) is 0 Å². The predicted molar refractivity (Wildman–Crippen MR) is 65.2 cm³/mol. The van der Waals surface area contributed by atoms with Gasteiger partial charge in [0.05, 0.1) is 0 Å². The molecule has 5 heteroatoms. The minimum absolute atomic E-state index is 0.556. The summed E-state index contributed by atoms with van der Waals surface area (Å²) in [7, 11) is -2.29. The van der Waals surface area contributed by atoms with Gasteiger partial charge in [-0.15, -0.1) is 0 Å². The minimum atomic E-state index is -2.29. The molecule has 0 aromatic rings. The highest BCUT2D eigenvalue weighted by Crippen LogP contribution is 2.34. The van der Waals surface area contributed by atoms with Gasteiger partial charge in [-0.05, 0) is 51.6 Å². The van der Waals surface area contributed by atoms with Crippen LogP contribution in [0.3, 0.4) is 0 Å². The first kappa shape index (κ1) is 12.4. The lowest BCUT2D eigenvalue weighted by atomic mass is 10.2. The lowest BCUT2D eigenvalue weighted by Gasteiger charge is -2.11. The third kappa shape index (κ3) is 5.62. The summed E-state index contributed by atoms with van der Waals surface area (Å²) in [6.45, 7) is 2.11. The van der Waals surface area contributed by atoms with Crippen molar-refractivity contribution in [3.05, 3.63) is 0 Å². The third-order valence-corrected chi connectivity index (χ3v) is 5.55. The fourth-order valence-corrected chi connectivity index (χ4v) is 1.78. The van der Waals surface area contributed by atoms with Crippen LogP contribution in [0.1, 0.15) is 32.6 Å². The van der Waals surface area contributed by atoms with E-state index in [2.05, 4.69) is 6.92 Å². The molecule has 0 aromatic carbocycles. The Morgan fingerprint density at radius 2 is 1.82 bits per heavy atom. The van der Waals surface area contributed by atoms with E-state index in [1.54, 1.807) is 0 Å². The van der Waals surface area contributed by atoms with Crippen LogP contribution < -0.4 is 0 Å². The molecule has 0 heterocycles. The molecule has 0 aliphatic rings. The molecule has 0 saturated heterocycles. The van der Waals surface area contributed by atoms with Crippen molar-refractivity contribution in [1.29, 1.82) is 0 Å². The molecule has 0 amide bonds. The average molecular weight is 402 g/mol. The maximum absolute atomic E-state index is 10.6. The number of rotatable bonds is 5. The van der Waals surface area contributed by atoms with Crippen LogP contribution in [0.15, 0.2) is 0 Å². The second-order valence-corrected chi connectivity index (χ2v) is 11.1. The molecular weight excluding hydrogens is 390 g/mol. The van der Waals surface area contributed by atoms with Gasteiger partial charge in [-0.25, -0.2) is 8.42 Å². The van der Waals surface area contributed by atoms with Crippen molar-refractivity contribution in [1.82, 2.24) is 0 Å². The van der Waals surface area contributed by atoms with Gasteiger partial charge in [-0.1, -0.05) is 26.2 Å². The summed E-state index contributed by atoms with van der Waals surface area (Å²) in [5.74, 6) is 0. The van der Waals surface area contributed by atoms with Crippen LogP contribution in [0.5, 0.6) is 0 Å². The van der Waals surface area contributed by atoms with Crippen LogP contribution >= 0.6 is 45.2 Å². The molecule has 0 aliphatic heterocycles. The van der Waals surface area contributed by atoms with E-state index in [0.717, 1.165) is 25.7 Å². The first-order chi connectivity index (χ1) is 5.00. The molecule has 0 N–H and O–H groups in total. The van der Waals surface area contributed by atoms with E-state index in [-0.39, 0.29) is 0 Å². The largest absolute Gasteiger partial charge is 0.230 e. The Morgan fingerprint density at radius 3 is 2.18 bits per heavy atom. The van der Waals surface area contributed by atoms with Gasteiger partial charge in [0.15, 0.2) is 11.5 Å². The van der Waals surface area contributed by atoms with Crippen LogP contribution in [-0.2, 0) is 10.7 Å². The summed E-state index contributed by atoms with van der Waals surface area (Å²) in [5, 5.41) is 0. The van der Waals surface area contributed by atoms with Gasteiger partial charge in [0.25, 0.3) is 0 Å². The highest BCUT2D eigenvalue weighted by molar-refractivity contribution is 14.2. The number of hydrogen-bond acceptors (Lipinski definition) is 2. The normalized spacial score (nSPS) is 12.4. The van der Waals surface area contributed by atoms with Crippen LogP contribution in [-0.4, -0.2) is 9.18 Å². The first-order valence-corrected chi connectivity index (χ1v) is 6.86. The fraction of sp³-hybridized carbons (Fsp3) is 1.00. The Balaban J connectivity index is 3.73. The molecule has 0 spiro atoms. The van der Waals surface area contributed by atoms with Crippen molar-refractivity contribution < 1.29 is 8.42 Å². The summed E-state index contributed by atoms with van der Waals surface area (Å²) < 4.78 is 20.7. The molecule has 0 bridgehead atoms. The Morgan fingerprint density at radius 1 is 1.27 bits per heavy atom. The van der Waals surface area contributed by atoms with E-state index in [4.69, 9.17) is 0 Å². The summed E-state index contributed by atoms with van der Waals surface area (Å²) in [6.07, 6.45) is 4.03. The maximum Gasteiger partial charge on any atom is 0.171 e. The van der Waals surface area contributed by atoms with Crippen molar-refractivity contribution >= 4 is 55.9 Å². The predicted octanol–water partition coefficient (Wildman–Crippen LogP) is 2.70. The van der Waals surface area contributed by atoms with E-state index >= 15 is 0 Å². The van der Waals surface area contributed by atoms with Crippen molar-refractivity contribution in [3.63, 3.8) is 0 Å². The second kappa shape index (κ2) is 5.95. The van der Waals surface area contributed by atoms with Crippen LogP contribution in [0, 0.1) is 0 Å². The minimum Gasteiger partial charge on any atom is -0.230 e. The summed E-state index contributed by atoms with van der Waals surface area (Å²) in [6, 6.07) is 0. The number of hydrogen-bond donors (Lipinski definition) is 1. The van der Waals surface area contributed by atoms with E-state index in [9.17, 15) is 8.42 Å².